The van der Waals surface area contributed by atoms with Gasteiger partial charge in [0.15, 0.2) is 0 Å². The Labute approximate surface area is 114 Å². The number of nitriles is 1. The lowest BCUT2D eigenvalue weighted by Gasteiger charge is -2.36. The average Bonchev–Trinajstić information content (AvgIpc) is 2.46. The minimum Gasteiger partial charge on any atom is -0.368 e. The Morgan fingerprint density at radius 1 is 1.16 bits per heavy atom. The van der Waals surface area contributed by atoms with E-state index < -0.39 is 0 Å². The molecule has 0 spiro atoms. The number of amides is 1. The molecule has 4 heteroatoms. The third kappa shape index (κ3) is 3.05. The van der Waals surface area contributed by atoms with Crippen molar-refractivity contribution < 1.29 is 4.79 Å². The molecule has 0 aromatic heterocycles. The molecular formula is C15H19N3O. The van der Waals surface area contributed by atoms with E-state index in [0.717, 1.165) is 31.9 Å². The number of carbonyl (C=O) groups excluding carboxylic acids is 1. The average molecular weight is 257 g/mol. The molecule has 0 saturated carbocycles. The second-order valence-electron chi connectivity index (χ2n) is 5.13. The van der Waals surface area contributed by atoms with E-state index in [2.05, 4.69) is 11.0 Å². The van der Waals surface area contributed by atoms with Crippen molar-refractivity contribution in [2.75, 3.05) is 31.1 Å². The van der Waals surface area contributed by atoms with Gasteiger partial charge in [-0.3, -0.25) is 4.79 Å². The summed E-state index contributed by atoms with van der Waals surface area (Å²) in [7, 11) is 0. The molecule has 0 N–H and O–H groups in total. The molecule has 1 heterocycles. The van der Waals surface area contributed by atoms with E-state index in [-0.39, 0.29) is 11.8 Å². The standard InChI is InChI=1S/C15H19N3O/c1-12(2)15(19)18-9-7-17(8-10-18)14-5-3-13(11-16)4-6-14/h3-6,12H,7-10H2,1-2H3. The number of piperazine rings is 1. The van der Waals surface area contributed by atoms with Crippen LogP contribution in [-0.2, 0) is 4.79 Å². The van der Waals surface area contributed by atoms with Gasteiger partial charge < -0.3 is 9.80 Å². The molecule has 1 aliphatic rings. The molecule has 2 rings (SSSR count). The van der Waals surface area contributed by atoms with Gasteiger partial charge in [0.25, 0.3) is 0 Å². The van der Waals surface area contributed by atoms with Crippen molar-refractivity contribution in [2.45, 2.75) is 13.8 Å². The Balaban J connectivity index is 1.96. The SMILES string of the molecule is CC(C)C(=O)N1CCN(c2ccc(C#N)cc2)CC1. The van der Waals surface area contributed by atoms with Crippen molar-refractivity contribution in [2.24, 2.45) is 5.92 Å². The van der Waals surface area contributed by atoms with E-state index in [1.807, 2.05) is 43.0 Å². The van der Waals surface area contributed by atoms with Gasteiger partial charge in [-0.05, 0) is 24.3 Å². The van der Waals surface area contributed by atoms with Gasteiger partial charge in [0.2, 0.25) is 5.91 Å². The summed E-state index contributed by atoms with van der Waals surface area (Å²) in [6, 6.07) is 9.73. The molecule has 1 fully saturated rings. The number of hydrogen-bond donors (Lipinski definition) is 0. The quantitative estimate of drug-likeness (QED) is 0.812. The van der Waals surface area contributed by atoms with E-state index in [9.17, 15) is 4.79 Å². The second-order valence-corrected chi connectivity index (χ2v) is 5.13. The topological polar surface area (TPSA) is 47.3 Å². The molecule has 0 bridgehead atoms. The van der Waals surface area contributed by atoms with Crippen LogP contribution in [0.1, 0.15) is 19.4 Å². The monoisotopic (exact) mass is 257 g/mol. The van der Waals surface area contributed by atoms with Crippen LogP contribution in [0, 0.1) is 17.2 Å². The Hall–Kier alpha value is -2.02. The third-order valence-electron chi connectivity index (χ3n) is 3.45. The number of nitrogens with zero attached hydrogens (tertiary/aromatic N) is 3. The molecule has 0 unspecified atom stereocenters. The fraction of sp³-hybridized carbons (Fsp3) is 0.467. The highest BCUT2D eigenvalue weighted by molar-refractivity contribution is 5.78. The van der Waals surface area contributed by atoms with Gasteiger partial charge in [0.1, 0.15) is 0 Å². The van der Waals surface area contributed by atoms with Gasteiger partial charge in [0.05, 0.1) is 11.6 Å². The van der Waals surface area contributed by atoms with Gasteiger partial charge in [-0.1, -0.05) is 13.8 Å². The zero-order chi connectivity index (χ0) is 13.8. The molecule has 100 valence electrons. The Morgan fingerprint density at radius 3 is 2.21 bits per heavy atom. The minimum absolute atomic E-state index is 0.0708. The van der Waals surface area contributed by atoms with Crippen LogP contribution in [0.5, 0.6) is 0 Å². The summed E-state index contributed by atoms with van der Waals surface area (Å²) in [5, 5.41) is 8.78. The van der Waals surface area contributed by atoms with Crippen molar-refractivity contribution in [3.05, 3.63) is 29.8 Å². The van der Waals surface area contributed by atoms with E-state index in [1.54, 1.807) is 0 Å². The van der Waals surface area contributed by atoms with E-state index in [0.29, 0.717) is 5.56 Å². The maximum atomic E-state index is 11.9. The van der Waals surface area contributed by atoms with Crippen LogP contribution in [0.25, 0.3) is 0 Å². The first-order valence-electron chi connectivity index (χ1n) is 6.65. The summed E-state index contributed by atoms with van der Waals surface area (Å²) in [6.07, 6.45) is 0. The molecular weight excluding hydrogens is 238 g/mol. The lowest BCUT2D eigenvalue weighted by atomic mass is 10.1. The van der Waals surface area contributed by atoms with Gasteiger partial charge in [0, 0.05) is 37.8 Å². The predicted octanol–water partition coefficient (Wildman–Crippen LogP) is 1.86. The van der Waals surface area contributed by atoms with Gasteiger partial charge in [-0.15, -0.1) is 0 Å². The lowest BCUT2D eigenvalue weighted by molar-refractivity contribution is -0.134. The summed E-state index contributed by atoms with van der Waals surface area (Å²) < 4.78 is 0. The maximum Gasteiger partial charge on any atom is 0.225 e. The van der Waals surface area contributed by atoms with Gasteiger partial charge in [-0.25, -0.2) is 0 Å². The van der Waals surface area contributed by atoms with Crippen molar-refractivity contribution in [3.8, 4) is 6.07 Å². The second kappa shape index (κ2) is 5.75. The summed E-state index contributed by atoms with van der Waals surface area (Å²) >= 11 is 0. The lowest BCUT2D eigenvalue weighted by Crippen LogP contribution is -2.49. The Bertz CT molecular complexity index is 479. The van der Waals surface area contributed by atoms with Crippen LogP contribution >= 0.6 is 0 Å². The van der Waals surface area contributed by atoms with Crippen LogP contribution in [-0.4, -0.2) is 37.0 Å². The first-order valence-corrected chi connectivity index (χ1v) is 6.65. The number of anilines is 1. The maximum absolute atomic E-state index is 11.9. The summed E-state index contributed by atoms with van der Waals surface area (Å²) in [5.74, 6) is 0.306. The van der Waals surface area contributed by atoms with E-state index in [1.165, 1.54) is 0 Å². The molecule has 4 nitrogen and oxygen atoms in total. The minimum atomic E-state index is 0.0708. The smallest absolute Gasteiger partial charge is 0.225 e. The zero-order valence-corrected chi connectivity index (χ0v) is 11.5. The number of hydrogen-bond acceptors (Lipinski definition) is 3. The summed E-state index contributed by atoms with van der Waals surface area (Å²) in [5.41, 5.74) is 1.80. The molecule has 1 aromatic carbocycles. The highest BCUT2D eigenvalue weighted by Gasteiger charge is 2.22. The van der Waals surface area contributed by atoms with Crippen LogP contribution in [0.4, 0.5) is 5.69 Å². The summed E-state index contributed by atoms with van der Waals surface area (Å²) in [6.45, 7) is 7.13. The van der Waals surface area contributed by atoms with Crippen molar-refractivity contribution >= 4 is 11.6 Å². The fourth-order valence-corrected chi connectivity index (χ4v) is 2.30. The molecule has 1 aromatic rings. The molecule has 0 atom stereocenters. The zero-order valence-electron chi connectivity index (χ0n) is 11.5. The Morgan fingerprint density at radius 2 is 1.74 bits per heavy atom. The van der Waals surface area contributed by atoms with Crippen LogP contribution in [0.15, 0.2) is 24.3 Å². The van der Waals surface area contributed by atoms with Crippen LogP contribution in [0.3, 0.4) is 0 Å². The highest BCUT2D eigenvalue weighted by Crippen LogP contribution is 2.17. The third-order valence-corrected chi connectivity index (χ3v) is 3.45. The number of carbonyl (C=O) groups is 1. The molecule has 1 amide bonds. The Kier molecular flexibility index (Phi) is 4.06. The predicted molar refractivity (Wildman–Crippen MR) is 74.8 cm³/mol. The first kappa shape index (κ1) is 13.4. The van der Waals surface area contributed by atoms with Crippen molar-refractivity contribution in [1.29, 1.82) is 5.26 Å². The van der Waals surface area contributed by atoms with Crippen molar-refractivity contribution in [3.63, 3.8) is 0 Å². The molecule has 1 aliphatic heterocycles. The largest absolute Gasteiger partial charge is 0.368 e. The van der Waals surface area contributed by atoms with E-state index >= 15 is 0 Å². The van der Waals surface area contributed by atoms with Crippen molar-refractivity contribution in [1.82, 2.24) is 4.90 Å². The number of benzene rings is 1. The molecule has 19 heavy (non-hydrogen) atoms. The molecule has 0 aliphatic carbocycles. The summed E-state index contributed by atoms with van der Waals surface area (Å²) in [4.78, 5) is 16.1. The molecule has 0 radical (unpaired) electrons. The highest BCUT2D eigenvalue weighted by atomic mass is 16.2. The molecule has 1 saturated heterocycles. The van der Waals surface area contributed by atoms with Gasteiger partial charge >= 0.3 is 0 Å². The fourth-order valence-electron chi connectivity index (χ4n) is 2.30. The first-order chi connectivity index (χ1) is 9.11. The number of rotatable bonds is 2. The van der Waals surface area contributed by atoms with Gasteiger partial charge in [-0.2, -0.15) is 5.26 Å². The van der Waals surface area contributed by atoms with Crippen LogP contribution in [0.2, 0.25) is 0 Å². The normalized spacial score (nSPS) is 15.5. The van der Waals surface area contributed by atoms with Crippen LogP contribution < -0.4 is 4.90 Å². The van der Waals surface area contributed by atoms with E-state index in [4.69, 9.17) is 5.26 Å².